The Morgan fingerprint density at radius 1 is 1.10 bits per heavy atom. The van der Waals surface area contributed by atoms with Gasteiger partial charge in [0.05, 0.1) is 11.6 Å². The Kier molecular flexibility index (Phi) is 6.86. The van der Waals surface area contributed by atoms with Crippen LogP contribution in [0.15, 0.2) is 42.5 Å². The maximum atomic E-state index is 14.2. The highest BCUT2D eigenvalue weighted by molar-refractivity contribution is 6.31. The van der Waals surface area contributed by atoms with Crippen molar-refractivity contribution >= 4 is 29.1 Å². The zero-order valence-corrected chi connectivity index (χ0v) is 21.1. The second-order valence-electron chi connectivity index (χ2n) is 9.46. The third-order valence-electron chi connectivity index (χ3n) is 6.91. The van der Waals surface area contributed by atoms with Crippen molar-refractivity contribution in [3.05, 3.63) is 98.1 Å². The van der Waals surface area contributed by atoms with E-state index in [2.05, 4.69) is 10.6 Å². The Morgan fingerprint density at radius 2 is 1.85 bits per heavy atom. The van der Waals surface area contributed by atoms with Crippen molar-refractivity contribution in [1.82, 2.24) is 10.2 Å². The molecule has 39 heavy (non-hydrogen) atoms. The van der Waals surface area contributed by atoms with Gasteiger partial charge in [0.25, 0.3) is 11.8 Å². The van der Waals surface area contributed by atoms with Gasteiger partial charge in [0, 0.05) is 46.6 Å². The zero-order valence-electron chi connectivity index (χ0n) is 20.3. The Labute approximate surface area is 224 Å². The quantitative estimate of drug-likeness (QED) is 0.362. The number of rotatable bonds is 3. The lowest BCUT2D eigenvalue weighted by Gasteiger charge is -2.21. The molecule has 0 saturated heterocycles. The lowest BCUT2D eigenvalue weighted by Crippen LogP contribution is -2.27. The smallest absolute Gasteiger partial charge is 0.374 e. The van der Waals surface area contributed by atoms with Gasteiger partial charge in [-0.1, -0.05) is 11.6 Å². The zero-order chi connectivity index (χ0) is 28.2. The van der Waals surface area contributed by atoms with Crippen molar-refractivity contribution < 1.29 is 36.6 Å². The largest absolute Gasteiger partial charge is 0.416 e. The van der Waals surface area contributed by atoms with Crippen LogP contribution in [0.2, 0.25) is 5.02 Å². The molecular formula is C27H21ClF5N3O3. The van der Waals surface area contributed by atoms with Crippen LogP contribution in [0, 0.1) is 11.6 Å². The molecule has 3 N–H and O–H groups in total. The molecule has 12 heteroatoms. The molecule has 2 aliphatic rings. The molecule has 3 aromatic rings. The van der Waals surface area contributed by atoms with E-state index in [1.807, 2.05) is 0 Å². The number of alkyl halides is 3. The molecule has 0 spiro atoms. The van der Waals surface area contributed by atoms with Crippen molar-refractivity contribution in [3.63, 3.8) is 0 Å². The van der Waals surface area contributed by atoms with Crippen LogP contribution in [-0.4, -0.2) is 35.4 Å². The van der Waals surface area contributed by atoms with Crippen molar-refractivity contribution in [1.29, 1.82) is 0 Å². The first-order valence-corrected chi connectivity index (χ1v) is 12.3. The van der Waals surface area contributed by atoms with E-state index in [9.17, 15) is 36.6 Å². The fourth-order valence-electron chi connectivity index (χ4n) is 5.13. The molecule has 0 aliphatic carbocycles. The van der Waals surface area contributed by atoms with Crippen LogP contribution in [0.25, 0.3) is 0 Å². The highest BCUT2D eigenvalue weighted by Gasteiger charge is 2.39. The summed E-state index contributed by atoms with van der Waals surface area (Å²) in [4.78, 5) is 27.8. The minimum Gasteiger partial charge on any atom is -0.374 e. The summed E-state index contributed by atoms with van der Waals surface area (Å²) < 4.78 is 68.0. The number of benzene rings is 3. The molecule has 0 radical (unpaired) electrons. The van der Waals surface area contributed by atoms with Crippen LogP contribution in [0.3, 0.4) is 0 Å². The van der Waals surface area contributed by atoms with Gasteiger partial charge in [-0.15, -0.1) is 0 Å². The second kappa shape index (κ2) is 9.89. The minimum absolute atomic E-state index is 0.0235. The summed E-state index contributed by atoms with van der Waals surface area (Å²) in [5, 5.41) is 16.6. The molecule has 3 aromatic carbocycles. The van der Waals surface area contributed by atoms with Crippen molar-refractivity contribution in [3.8, 4) is 0 Å². The molecule has 0 saturated carbocycles. The topological polar surface area (TPSA) is 81.7 Å². The highest BCUT2D eigenvalue weighted by Crippen LogP contribution is 2.46. The Morgan fingerprint density at radius 3 is 2.56 bits per heavy atom. The van der Waals surface area contributed by atoms with Gasteiger partial charge < -0.3 is 15.3 Å². The summed E-state index contributed by atoms with van der Waals surface area (Å²) in [5.74, 6) is -3.34. The van der Waals surface area contributed by atoms with E-state index in [1.54, 1.807) is 7.05 Å². The molecule has 2 heterocycles. The van der Waals surface area contributed by atoms with Crippen LogP contribution in [0.1, 0.15) is 67.2 Å². The molecule has 5 rings (SSSR count). The molecule has 2 unspecified atom stereocenters. The van der Waals surface area contributed by atoms with Crippen LogP contribution in [0.4, 0.5) is 27.6 Å². The number of halogens is 6. The number of hydrogen-bond acceptors (Lipinski definition) is 4. The van der Waals surface area contributed by atoms with Gasteiger partial charge in [-0.25, -0.2) is 8.78 Å². The van der Waals surface area contributed by atoms with Crippen LogP contribution in [0.5, 0.6) is 0 Å². The Bertz CT molecular complexity index is 1510. The average molecular weight is 566 g/mol. The second-order valence-corrected chi connectivity index (χ2v) is 9.86. The van der Waals surface area contributed by atoms with Gasteiger partial charge in [-0.3, -0.25) is 14.9 Å². The molecule has 2 amide bonds. The number of amides is 2. The van der Waals surface area contributed by atoms with Gasteiger partial charge in [0.2, 0.25) is 0 Å². The van der Waals surface area contributed by atoms with Crippen molar-refractivity contribution in [2.24, 2.45) is 0 Å². The normalized spacial score (nSPS) is 19.0. The van der Waals surface area contributed by atoms with Gasteiger partial charge in [-0.05, 0) is 66.4 Å². The van der Waals surface area contributed by atoms with E-state index in [-0.39, 0.29) is 44.9 Å². The number of aliphatic hydroxyl groups is 1. The molecule has 0 fully saturated rings. The van der Waals surface area contributed by atoms with Gasteiger partial charge in [0.1, 0.15) is 17.9 Å². The number of carbonyl (C=O) groups is 2. The fourth-order valence-corrected chi connectivity index (χ4v) is 5.36. The van der Waals surface area contributed by atoms with Crippen LogP contribution in [-0.2, 0) is 12.6 Å². The molecule has 2 aliphatic heterocycles. The predicted octanol–water partition coefficient (Wildman–Crippen LogP) is 5.59. The minimum atomic E-state index is -4.90. The molecule has 204 valence electrons. The summed E-state index contributed by atoms with van der Waals surface area (Å²) in [6, 6.07) is 5.48. The number of nitrogens with one attached hydrogen (secondary N) is 2. The fraction of sp³-hybridized carbons (Fsp3) is 0.259. The van der Waals surface area contributed by atoms with E-state index in [1.165, 1.54) is 17.0 Å². The molecule has 0 aromatic heterocycles. The number of nitrogens with zero attached hydrogens (tertiary/aromatic N) is 1. The molecular weight excluding hydrogens is 545 g/mol. The molecule has 0 bridgehead atoms. The first-order valence-electron chi connectivity index (χ1n) is 11.9. The highest BCUT2D eigenvalue weighted by atomic mass is 35.5. The van der Waals surface area contributed by atoms with Gasteiger partial charge >= 0.3 is 6.18 Å². The first-order chi connectivity index (χ1) is 18.3. The maximum Gasteiger partial charge on any atom is 0.416 e. The van der Waals surface area contributed by atoms with Gasteiger partial charge in [-0.2, -0.15) is 13.2 Å². The van der Waals surface area contributed by atoms with Crippen molar-refractivity contribution in [2.75, 3.05) is 18.9 Å². The number of fused-ring (bicyclic) bond motifs is 3. The molecule has 2 atom stereocenters. The summed E-state index contributed by atoms with van der Waals surface area (Å²) in [6.45, 7) is 0.427. The van der Waals surface area contributed by atoms with Gasteiger partial charge in [0.15, 0.2) is 0 Å². The van der Waals surface area contributed by atoms with Crippen molar-refractivity contribution in [2.45, 2.75) is 31.3 Å². The Balaban J connectivity index is 1.69. The monoisotopic (exact) mass is 565 g/mol. The number of carbonyl (C=O) groups excluding carboxylic acids is 2. The summed E-state index contributed by atoms with van der Waals surface area (Å²) in [7, 11) is 1.60. The first kappa shape index (κ1) is 27.0. The summed E-state index contributed by atoms with van der Waals surface area (Å²) >= 11 is 6.35. The van der Waals surface area contributed by atoms with E-state index in [0.717, 1.165) is 12.1 Å². The van der Waals surface area contributed by atoms with Crippen LogP contribution >= 0.6 is 11.6 Å². The van der Waals surface area contributed by atoms with E-state index >= 15 is 0 Å². The number of aliphatic hydroxyl groups excluding tert-OH is 1. The lowest BCUT2D eigenvalue weighted by molar-refractivity contribution is -0.137. The Hall–Kier alpha value is -3.54. The summed E-state index contributed by atoms with van der Waals surface area (Å²) in [6.07, 6.45) is -5.25. The maximum absolute atomic E-state index is 14.2. The molecule has 6 nitrogen and oxygen atoms in total. The SMILES string of the molecule is CN1CCCc2c(cc(NC(=O)c3cc(F)cc(C(F)(F)F)c3)c3c2C(O)NC3c2cc(F)ccc2Cl)C1=O. The average Bonchev–Trinajstić information content (AvgIpc) is 3.14. The van der Waals surface area contributed by atoms with E-state index in [4.69, 9.17) is 11.6 Å². The predicted molar refractivity (Wildman–Crippen MR) is 132 cm³/mol. The third kappa shape index (κ3) is 4.97. The number of anilines is 1. The van der Waals surface area contributed by atoms with E-state index < -0.39 is 47.1 Å². The third-order valence-corrected chi connectivity index (χ3v) is 7.25. The lowest BCUT2D eigenvalue weighted by atomic mass is 9.88. The van der Waals surface area contributed by atoms with Crippen LogP contribution < -0.4 is 10.6 Å². The standard InChI is InChI=1S/C27H21ClF5N3O3/c1-36-6-2-3-16-17(26(36)39)11-20(34-24(37)12-7-13(27(31,32)33)9-15(30)8-12)22-21(16)25(38)35-23(22)18-10-14(29)4-5-19(18)28/h4-5,7-11,23,25,35,38H,2-3,6H2,1H3,(H,34,37). The van der Waals surface area contributed by atoms with E-state index in [0.29, 0.717) is 37.1 Å². The summed E-state index contributed by atoms with van der Waals surface area (Å²) in [5.41, 5.74) is -0.487. The number of hydrogen-bond donors (Lipinski definition) is 3.